The molecular formula is C9H13BrN2O2S3. The third kappa shape index (κ3) is 3.72. The summed E-state index contributed by atoms with van der Waals surface area (Å²) in [5, 5.41) is 1.07. The maximum Gasteiger partial charge on any atom is 0.223 e. The molecular weight excluding hydrogens is 344 g/mol. The Hall–Kier alpha value is -0.0200. The SMILES string of the molecule is CC(C(N)=S)S(=O)(=O)N(C)Cc1cc(Br)cs1. The Morgan fingerprint density at radius 3 is 2.71 bits per heavy atom. The molecule has 0 fully saturated rings. The van der Waals surface area contributed by atoms with Crippen LogP contribution in [0.15, 0.2) is 15.9 Å². The molecule has 0 saturated heterocycles. The molecule has 0 aliphatic rings. The normalized spacial score (nSPS) is 13.9. The van der Waals surface area contributed by atoms with Gasteiger partial charge in [0.15, 0.2) is 0 Å². The van der Waals surface area contributed by atoms with Gasteiger partial charge in [-0.25, -0.2) is 8.42 Å². The molecule has 0 bridgehead atoms. The van der Waals surface area contributed by atoms with Gasteiger partial charge in [-0.2, -0.15) is 4.31 Å². The lowest BCUT2D eigenvalue weighted by atomic mass is 10.5. The van der Waals surface area contributed by atoms with E-state index in [1.165, 1.54) is 29.6 Å². The maximum absolute atomic E-state index is 12.0. The first-order valence-corrected chi connectivity index (χ1v) is 8.31. The second kappa shape index (κ2) is 5.75. The second-order valence-electron chi connectivity index (χ2n) is 3.58. The van der Waals surface area contributed by atoms with Gasteiger partial charge in [0.05, 0.1) is 4.99 Å². The molecule has 2 N–H and O–H groups in total. The number of nitrogens with zero attached hydrogens (tertiary/aromatic N) is 1. The van der Waals surface area contributed by atoms with E-state index in [0.717, 1.165) is 9.35 Å². The second-order valence-corrected chi connectivity index (χ2v) is 8.32. The summed E-state index contributed by atoms with van der Waals surface area (Å²) in [6.45, 7) is 1.82. The number of thiocarbonyl (C=S) groups is 1. The zero-order chi connectivity index (χ0) is 13.2. The van der Waals surface area contributed by atoms with Crippen molar-refractivity contribution in [3.8, 4) is 0 Å². The summed E-state index contributed by atoms with van der Waals surface area (Å²) >= 11 is 9.54. The largest absolute Gasteiger partial charge is 0.392 e. The molecule has 0 saturated carbocycles. The molecule has 0 aliphatic heterocycles. The Kier molecular flexibility index (Phi) is 5.08. The zero-order valence-corrected chi connectivity index (χ0v) is 13.4. The molecule has 8 heteroatoms. The van der Waals surface area contributed by atoms with Gasteiger partial charge in [0, 0.05) is 28.3 Å². The minimum Gasteiger partial charge on any atom is -0.392 e. The summed E-state index contributed by atoms with van der Waals surface area (Å²) in [5.74, 6) is 0. The Morgan fingerprint density at radius 2 is 2.29 bits per heavy atom. The van der Waals surface area contributed by atoms with Crippen LogP contribution in [-0.2, 0) is 16.6 Å². The predicted octanol–water partition coefficient (Wildman–Crippen LogP) is 1.95. The Morgan fingerprint density at radius 1 is 1.71 bits per heavy atom. The summed E-state index contributed by atoms with van der Waals surface area (Å²) in [7, 11) is -1.94. The van der Waals surface area contributed by atoms with E-state index in [4.69, 9.17) is 18.0 Å². The van der Waals surface area contributed by atoms with Gasteiger partial charge in [-0.05, 0) is 28.9 Å². The molecule has 1 aromatic heterocycles. The van der Waals surface area contributed by atoms with Crippen LogP contribution in [0.25, 0.3) is 0 Å². The van der Waals surface area contributed by atoms with Crippen LogP contribution in [0, 0.1) is 0 Å². The predicted molar refractivity (Wildman–Crippen MR) is 78.7 cm³/mol. The van der Waals surface area contributed by atoms with Gasteiger partial charge in [-0.15, -0.1) is 11.3 Å². The number of sulfonamides is 1. The molecule has 1 rings (SSSR count). The van der Waals surface area contributed by atoms with Gasteiger partial charge in [-0.1, -0.05) is 12.2 Å². The van der Waals surface area contributed by atoms with E-state index >= 15 is 0 Å². The molecule has 0 aromatic carbocycles. The quantitative estimate of drug-likeness (QED) is 0.819. The number of nitrogens with two attached hydrogens (primary N) is 1. The lowest BCUT2D eigenvalue weighted by molar-refractivity contribution is 0.467. The molecule has 96 valence electrons. The van der Waals surface area contributed by atoms with Gasteiger partial charge in [0.1, 0.15) is 5.25 Å². The summed E-state index contributed by atoms with van der Waals surface area (Å²) in [4.78, 5) is 0.947. The van der Waals surface area contributed by atoms with Crippen LogP contribution in [0.5, 0.6) is 0 Å². The topological polar surface area (TPSA) is 63.4 Å². The molecule has 0 amide bonds. The van der Waals surface area contributed by atoms with Crippen molar-refractivity contribution in [3.63, 3.8) is 0 Å². The van der Waals surface area contributed by atoms with E-state index < -0.39 is 15.3 Å². The van der Waals surface area contributed by atoms with Gasteiger partial charge >= 0.3 is 0 Å². The van der Waals surface area contributed by atoms with Crippen LogP contribution in [0.2, 0.25) is 0 Å². The first-order valence-electron chi connectivity index (χ1n) is 4.72. The van der Waals surface area contributed by atoms with E-state index in [1.54, 1.807) is 0 Å². The van der Waals surface area contributed by atoms with E-state index in [9.17, 15) is 8.42 Å². The third-order valence-electron chi connectivity index (χ3n) is 2.28. The minimum absolute atomic E-state index is 0.00999. The standard InChI is InChI=1S/C9H13BrN2O2S3/c1-6(9(11)15)17(13,14)12(2)4-8-3-7(10)5-16-8/h3,5-6H,4H2,1-2H3,(H2,11,15). The van der Waals surface area contributed by atoms with Crippen LogP contribution in [0.3, 0.4) is 0 Å². The van der Waals surface area contributed by atoms with Crippen molar-refractivity contribution in [1.29, 1.82) is 0 Å². The van der Waals surface area contributed by atoms with Crippen molar-refractivity contribution in [2.45, 2.75) is 18.7 Å². The first kappa shape index (κ1) is 15.0. The summed E-state index contributed by atoms with van der Waals surface area (Å²) in [6.07, 6.45) is 0. The minimum atomic E-state index is -3.47. The van der Waals surface area contributed by atoms with Crippen LogP contribution < -0.4 is 5.73 Å². The fraction of sp³-hybridized carbons (Fsp3) is 0.444. The number of hydrogen-bond donors (Lipinski definition) is 1. The van der Waals surface area contributed by atoms with Gasteiger partial charge < -0.3 is 5.73 Å². The Bertz CT molecular complexity index is 512. The van der Waals surface area contributed by atoms with Crippen LogP contribution in [-0.4, -0.2) is 30.0 Å². The highest BCUT2D eigenvalue weighted by molar-refractivity contribution is 9.10. The highest BCUT2D eigenvalue weighted by atomic mass is 79.9. The molecule has 0 aliphatic carbocycles. The number of hydrogen-bond acceptors (Lipinski definition) is 4. The van der Waals surface area contributed by atoms with Crippen molar-refractivity contribution in [3.05, 3.63) is 20.8 Å². The van der Waals surface area contributed by atoms with Crippen LogP contribution in [0.1, 0.15) is 11.8 Å². The maximum atomic E-state index is 12.0. The molecule has 1 heterocycles. The average molecular weight is 357 g/mol. The number of halogens is 1. The van der Waals surface area contributed by atoms with Crippen molar-refractivity contribution in [1.82, 2.24) is 4.31 Å². The van der Waals surface area contributed by atoms with Crippen LogP contribution >= 0.6 is 39.5 Å². The lowest BCUT2D eigenvalue weighted by Gasteiger charge is -2.20. The number of rotatable bonds is 5. The molecule has 1 atom stereocenters. The molecule has 17 heavy (non-hydrogen) atoms. The monoisotopic (exact) mass is 356 g/mol. The summed E-state index contributed by atoms with van der Waals surface area (Å²) in [6, 6.07) is 1.89. The van der Waals surface area contributed by atoms with Crippen molar-refractivity contribution < 1.29 is 8.42 Å². The van der Waals surface area contributed by atoms with Crippen LogP contribution in [0.4, 0.5) is 0 Å². The lowest BCUT2D eigenvalue weighted by Crippen LogP contribution is -2.40. The average Bonchev–Trinajstić information content (AvgIpc) is 2.62. The fourth-order valence-electron chi connectivity index (χ4n) is 1.16. The molecule has 4 nitrogen and oxygen atoms in total. The summed E-state index contributed by atoms with van der Waals surface area (Å²) < 4.78 is 26.3. The van der Waals surface area contributed by atoms with E-state index in [-0.39, 0.29) is 4.99 Å². The summed E-state index contributed by atoms with van der Waals surface area (Å²) in [5.41, 5.74) is 5.38. The van der Waals surface area contributed by atoms with Crippen molar-refractivity contribution in [2.24, 2.45) is 5.73 Å². The van der Waals surface area contributed by atoms with E-state index in [0.29, 0.717) is 6.54 Å². The zero-order valence-electron chi connectivity index (χ0n) is 9.38. The van der Waals surface area contributed by atoms with Crippen molar-refractivity contribution in [2.75, 3.05) is 7.05 Å². The third-order valence-corrected chi connectivity index (χ3v) is 6.61. The Labute approximate surface area is 119 Å². The highest BCUT2D eigenvalue weighted by Crippen LogP contribution is 2.22. The van der Waals surface area contributed by atoms with Crippen molar-refractivity contribution >= 4 is 54.5 Å². The fourth-order valence-corrected chi connectivity index (χ4v) is 4.27. The van der Waals surface area contributed by atoms with E-state index in [1.807, 2.05) is 11.4 Å². The molecule has 0 radical (unpaired) electrons. The van der Waals surface area contributed by atoms with Gasteiger partial charge in [0.2, 0.25) is 10.0 Å². The molecule has 1 unspecified atom stereocenters. The highest BCUT2D eigenvalue weighted by Gasteiger charge is 2.28. The van der Waals surface area contributed by atoms with Gasteiger partial charge in [0.25, 0.3) is 0 Å². The number of thiophene rings is 1. The molecule has 1 aromatic rings. The molecule has 0 spiro atoms. The smallest absolute Gasteiger partial charge is 0.223 e. The first-order chi connectivity index (χ1) is 7.75. The Balaban J connectivity index is 2.83. The van der Waals surface area contributed by atoms with E-state index in [2.05, 4.69) is 15.9 Å². The van der Waals surface area contributed by atoms with Gasteiger partial charge in [-0.3, -0.25) is 0 Å².